The van der Waals surface area contributed by atoms with Gasteiger partial charge in [-0.15, -0.1) is 0 Å². The summed E-state index contributed by atoms with van der Waals surface area (Å²) in [6.07, 6.45) is -1.09. The molecule has 0 aliphatic heterocycles. The Labute approximate surface area is 234 Å². The van der Waals surface area contributed by atoms with Crippen LogP contribution in [0.15, 0.2) is 66.7 Å². The third-order valence-electron chi connectivity index (χ3n) is 5.97. The van der Waals surface area contributed by atoms with Crippen LogP contribution in [-0.2, 0) is 21.2 Å². The molecule has 0 bridgehead atoms. The number of rotatable bonds is 12. The van der Waals surface area contributed by atoms with Gasteiger partial charge in [0.1, 0.15) is 18.5 Å². The van der Waals surface area contributed by atoms with Crippen LogP contribution in [0, 0.1) is 5.92 Å². The van der Waals surface area contributed by atoms with Crippen molar-refractivity contribution in [2.75, 3.05) is 18.6 Å². The maximum Gasteiger partial charge on any atom is 0.404 e. The minimum absolute atomic E-state index is 0.0308. The fourth-order valence-corrected chi connectivity index (χ4v) is 4.62. The van der Waals surface area contributed by atoms with Crippen molar-refractivity contribution in [1.82, 2.24) is 4.72 Å². The van der Waals surface area contributed by atoms with Gasteiger partial charge in [0.05, 0.1) is 12.4 Å². The van der Waals surface area contributed by atoms with Crippen molar-refractivity contribution in [3.8, 4) is 16.9 Å². The highest BCUT2D eigenvalue weighted by atomic mass is 32.2. The highest BCUT2D eigenvalue weighted by Gasteiger charge is 2.21. The van der Waals surface area contributed by atoms with Gasteiger partial charge in [0.25, 0.3) is 5.91 Å². The largest absolute Gasteiger partial charge is 0.490 e. The molecule has 2 atom stereocenters. The molecule has 2 amide bonds. The van der Waals surface area contributed by atoms with Gasteiger partial charge in [0.15, 0.2) is 0 Å². The fraction of sp³-hybridized carbons (Fsp3) is 0.310. The standard InChI is InChI=1S/C29H35N3O7S/c1-18(2)14-22-15-21(8-13-26(22)28(34)32-40(3,36)37)19-6-11-24(12-7-19)38-17-25(39-29(31)35)16-27(33)20-4-9-23(30)10-5-20/h4-13,15,18,25,27,33H,14,16-17,30H2,1-3H3,(H2,31,35)(H,32,34)/t25?,27-/m1/s1. The van der Waals surface area contributed by atoms with E-state index in [1.807, 2.05) is 36.8 Å². The zero-order valence-electron chi connectivity index (χ0n) is 22.7. The number of carbonyl (C=O) groups excluding carboxylic acids is 2. The van der Waals surface area contributed by atoms with E-state index in [-0.39, 0.29) is 18.9 Å². The second-order valence-electron chi connectivity index (χ2n) is 9.99. The van der Waals surface area contributed by atoms with Crippen molar-refractivity contribution in [2.45, 2.75) is 38.9 Å². The molecule has 11 heteroatoms. The predicted molar refractivity (Wildman–Crippen MR) is 153 cm³/mol. The van der Waals surface area contributed by atoms with Gasteiger partial charge in [-0.3, -0.25) is 4.79 Å². The van der Waals surface area contributed by atoms with Crippen LogP contribution in [0.1, 0.15) is 47.9 Å². The van der Waals surface area contributed by atoms with E-state index in [1.165, 1.54) is 0 Å². The number of nitrogen functional groups attached to an aromatic ring is 1. The number of hydrogen-bond donors (Lipinski definition) is 4. The van der Waals surface area contributed by atoms with Crippen LogP contribution in [-0.4, -0.2) is 44.5 Å². The SMILES string of the molecule is CC(C)Cc1cc(-c2ccc(OCC(C[C@@H](O)c3ccc(N)cc3)OC(N)=O)cc2)ccc1C(=O)NS(C)(=O)=O. The number of nitrogens with two attached hydrogens (primary N) is 2. The summed E-state index contributed by atoms with van der Waals surface area (Å²) in [5.74, 6) is 0.0861. The molecule has 0 saturated heterocycles. The average Bonchev–Trinajstić information content (AvgIpc) is 2.86. The lowest BCUT2D eigenvalue weighted by Crippen LogP contribution is -2.30. The highest BCUT2D eigenvalue weighted by molar-refractivity contribution is 7.89. The number of benzene rings is 3. The van der Waals surface area contributed by atoms with Gasteiger partial charge in [0, 0.05) is 17.7 Å². The Hall–Kier alpha value is -4.09. The monoisotopic (exact) mass is 569 g/mol. The first-order chi connectivity index (χ1) is 18.8. The number of amides is 2. The van der Waals surface area contributed by atoms with Gasteiger partial charge < -0.3 is 26.0 Å². The number of aliphatic hydroxyl groups is 1. The minimum atomic E-state index is -3.69. The van der Waals surface area contributed by atoms with E-state index in [0.717, 1.165) is 22.9 Å². The lowest BCUT2D eigenvalue weighted by atomic mass is 9.93. The number of carbonyl (C=O) groups is 2. The van der Waals surface area contributed by atoms with Gasteiger partial charge in [-0.25, -0.2) is 17.9 Å². The van der Waals surface area contributed by atoms with Gasteiger partial charge in [0.2, 0.25) is 10.0 Å². The molecule has 0 radical (unpaired) electrons. The smallest absolute Gasteiger partial charge is 0.404 e. The Bertz CT molecular complexity index is 1420. The molecule has 0 fully saturated rings. The molecule has 10 nitrogen and oxygen atoms in total. The summed E-state index contributed by atoms with van der Waals surface area (Å²) in [4.78, 5) is 23.9. The molecule has 214 valence electrons. The van der Waals surface area contributed by atoms with Crippen LogP contribution in [0.5, 0.6) is 5.75 Å². The average molecular weight is 570 g/mol. The Kier molecular flexibility index (Phi) is 10.1. The van der Waals surface area contributed by atoms with Crippen molar-refractivity contribution in [1.29, 1.82) is 0 Å². The van der Waals surface area contributed by atoms with E-state index < -0.39 is 34.2 Å². The number of ether oxygens (including phenoxy) is 2. The lowest BCUT2D eigenvalue weighted by molar-refractivity contribution is 0.0318. The van der Waals surface area contributed by atoms with Crippen LogP contribution in [0.2, 0.25) is 0 Å². The third-order valence-corrected chi connectivity index (χ3v) is 6.53. The Morgan fingerprint density at radius 1 is 0.975 bits per heavy atom. The lowest BCUT2D eigenvalue weighted by Gasteiger charge is -2.21. The third kappa shape index (κ3) is 9.28. The van der Waals surface area contributed by atoms with Gasteiger partial charge >= 0.3 is 6.09 Å². The summed E-state index contributed by atoms with van der Waals surface area (Å²) in [5.41, 5.74) is 14.8. The number of sulfonamides is 1. The van der Waals surface area contributed by atoms with Crippen molar-refractivity contribution < 1.29 is 32.6 Å². The van der Waals surface area contributed by atoms with Crippen molar-refractivity contribution in [3.05, 3.63) is 83.4 Å². The first-order valence-corrected chi connectivity index (χ1v) is 14.6. The summed E-state index contributed by atoms with van der Waals surface area (Å²) in [6.45, 7) is 4.00. The molecule has 0 aromatic heterocycles. The van der Waals surface area contributed by atoms with Gasteiger partial charge in [-0.05, 0) is 64.9 Å². The van der Waals surface area contributed by atoms with E-state index in [9.17, 15) is 23.1 Å². The number of aliphatic hydroxyl groups excluding tert-OH is 1. The second-order valence-corrected chi connectivity index (χ2v) is 11.7. The number of hydrogen-bond acceptors (Lipinski definition) is 8. The van der Waals surface area contributed by atoms with E-state index in [4.69, 9.17) is 20.9 Å². The number of primary amides is 1. The normalized spacial score (nSPS) is 12.9. The molecule has 0 aliphatic rings. The molecule has 1 unspecified atom stereocenters. The van der Waals surface area contributed by atoms with Crippen LogP contribution in [0.4, 0.5) is 10.5 Å². The summed E-state index contributed by atoms with van der Waals surface area (Å²) < 4.78 is 36.1. The molecule has 3 aromatic rings. The maximum atomic E-state index is 12.5. The molecule has 6 N–H and O–H groups in total. The molecule has 3 aromatic carbocycles. The summed E-state index contributed by atoms with van der Waals surface area (Å²) in [5, 5.41) is 10.6. The summed E-state index contributed by atoms with van der Waals surface area (Å²) in [6, 6.07) is 19.2. The summed E-state index contributed by atoms with van der Waals surface area (Å²) in [7, 11) is -3.69. The molecule has 0 spiro atoms. The van der Waals surface area contributed by atoms with E-state index >= 15 is 0 Å². The molecular weight excluding hydrogens is 534 g/mol. The zero-order chi connectivity index (χ0) is 29.4. The van der Waals surface area contributed by atoms with E-state index in [1.54, 1.807) is 48.5 Å². The first-order valence-electron chi connectivity index (χ1n) is 12.7. The second kappa shape index (κ2) is 13.3. The van der Waals surface area contributed by atoms with Gasteiger partial charge in [-0.2, -0.15) is 0 Å². The van der Waals surface area contributed by atoms with Crippen molar-refractivity contribution in [2.24, 2.45) is 11.7 Å². The predicted octanol–water partition coefficient (Wildman–Crippen LogP) is 3.79. The molecule has 0 saturated carbocycles. The van der Waals surface area contributed by atoms with Crippen LogP contribution in [0.3, 0.4) is 0 Å². The zero-order valence-corrected chi connectivity index (χ0v) is 23.5. The Balaban J connectivity index is 1.72. The Morgan fingerprint density at radius 2 is 1.60 bits per heavy atom. The van der Waals surface area contributed by atoms with E-state index in [0.29, 0.717) is 29.0 Å². The molecule has 3 rings (SSSR count). The van der Waals surface area contributed by atoms with Gasteiger partial charge in [-0.1, -0.05) is 50.2 Å². The topological polar surface area (TPSA) is 171 Å². The Morgan fingerprint density at radius 3 is 2.17 bits per heavy atom. The number of anilines is 1. The highest BCUT2D eigenvalue weighted by Crippen LogP contribution is 2.27. The molecule has 40 heavy (non-hydrogen) atoms. The number of nitrogens with one attached hydrogen (secondary N) is 1. The maximum absolute atomic E-state index is 12.5. The fourth-order valence-electron chi connectivity index (χ4n) is 4.18. The quantitative estimate of drug-likeness (QED) is 0.239. The minimum Gasteiger partial charge on any atom is -0.490 e. The van der Waals surface area contributed by atoms with Crippen molar-refractivity contribution in [3.63, 3.8) is 0 Å². The molecular formula is C29H35N3O7S. The summed E-state index contributed by atoms with van der Waals surface area (Å²) >= 11 is 0. The van der Waals surface area contributed by atoms with Crippen LogP contribution < -0.4 is 20.9 Å². The van der Waals surface area contributed by atoms with Crippen LogP contribution >= 0.6 is 0 Å². The molecule has 0 heterocycles. The van der Waals surface area contributed by atoms with Crippen LogP contribution in [0.25, 0.3) is 11.1 Å². The first kappa shape index (κ1) is 30.5. The van der Waals surface area contributed by atoms with Crippen molar-refractivity contribution >= 4 is 27.7 Å². The molecule has 0 aliphatic carbocycles. The van der Waals surface area contributed by atoms with E-state index in [2.05, 4.69) is 0 Å².